The Balaban J connectivity index is -0.000000245. The summed E-state index contributed by atoms with van der Waals surface area (Å²) in [5.41, 5.74) is 0. The minimum Gasteiger partial charge on any atom is -0.566 e. The summed E-state index contributed by atoms with van der Waals surface area (Å²) in [4.78, 5) is 9.74. The van der Waals surface area contributed by atoms with E-state index in [0.717, 1.165) is 0 Å². The molecular formula is CH2B2ClK2O3P+. The van der Waals surface area contributed by atoms with Crippen LogP contribution in [0.25, 0.3) is 0 Å². The summed E-state index contributed by atoms with van der Waals surface area (Å²) in [6.45, 7) is -1.60. The van der Waals surface area contributed by atoms with Crippen molar-refractivity contribution in [2.24, 2.45) is 0 Å². The molecule has 0 aromatic heterocycles. The quantitative estimate of drug-likeness (QED) is 0.366. The maximum absolute atomic E-state index is 9.74. The minimum absolute atomic E-state index is 0. The zero-order valence-electron chi connectivity index (χ0n) is 5.78. The van der Waals surface area contributed by atoms with Crippen LogP contribution in [0.5, 0.6) is 0 Å². The van der Waals surface area contributed by atoms with Crippen molar-refractivity contribution in [2.45, 2.75) is 0 Å². The van der Waals surface area contributed by atoms with Crippen LogP contribution >= 0.6 is 18.3 Å². The fourth-order valence-corrected chi connectivity index (χ4v) is 0.567. The largest absolute Gasteiger partial charge is 1.00 e. The van der Waals surface area contributed by atoms with Gasteiger partial charge in [0.1, 0.15) is 0 Å². The van der Waals surface area contributed by atoms with Gasteiger partial charge in [0.05, 0.1) is 0 Å². The van der Waals surface area contributed by atoms with Gasteiger partial charge in [0, 0.05) is 0 Å². The topological polar surface area (TPSA) is 57.5 Å². The number of carboxylic acid groups (broad SMARTS) is 1. The van der Waals surface area contributed by atoms with Gasteiger partial charge in [-0.3, -0.25) is 11.8 Å². The summed E-state index contributed by atoms with van der Waals surface area (Å²) in [5, 5.41) is 16.3. The van der Waals surface area contributed by atoms with Crippen molar-refractivity contribution in [3.05, 3.63) is 0 Å². The third-order valence-corrected chi connectivity index (χ3v) is 1.70. The van der Waals surface area contributed by atoms with Crippen LogP contribution in [-0.2, 0) is 0 Å². The summed E-state index contributed by atoms with van der Waals surface area (Å²) < 4.78 is 0. The summed E-state index contributed by atoms with van der Waals surface area (Å²) in [6, 6.07) is 0. The van der Waals surface area contributed by atoms with Crippen molar-refractivity contribution < 1.29 is 118 Å². The van der Waals surface area contributed by atoms with Crippen LogP contribution in [0, 0.1) is 0 Å². The average Bonchev–Trinajstić information content (AvgIpc) is 1.64. The maximum Gasteiger partial charge on any atom is 1.00 e. The zero-order valence-corrected chi connectivity index (χ0v) is 13.7. The van der Waals surface area contributed by atoms with Crippen molar-refractivity contribution in [1.29, 1.82) is 0 Å². The Morgan fingerprint density at radius 1 is 1.60 bits per heavy atom. The maximum atomic E-state index is 9.74. The molecule has 43 valence electrons. The predicted octanol–water partition coefficient (Wildman–Crippen LogP) is -5.55. The van der Waals surface area contributed by atoms with Gasteiger partial charge in [-0.2, -0.15) is 11.2 Å². The van der Waals surface area contributed by atoms with E-state index >= 15 is 0 Å². The standard InChI is InChI=1S/CH2B2ClO3P.2K/c2-8(4)3(7)1(5)6;;/h7H,(H,5,6);;/q-1;2*+1. The first-order chi connectivity index (χ1) is 3.55. The van der Waals surface area contributed by atoms with Crippen LogP contribution in [0.1, 0.15) is 0 Å². The Labute approximate surface area is 152 Å². The van der Waals surface area contributed by atoms with Gasteiger partial charge in [-0.1, -0.05) is 0 Å². The Hall–Kier alpha value is 3.55. The smallest absolute Gasteiger partial charge is 0.566 e. The molecule has 0 rings (SSSR count). The van der Waals surface area contributed by atoms with Crippen LogP contribution in [0.2, 0.25) is 0 Å². The second-order valence-corrected chi connectivity index (χ2v) is 3.40. The van der Waals surface area contributed by atoms with Crippen LogP contribution in [0.4, 0.5) is 4.79 Å². The van der Waals surface area contributed by atoms with Gasteiger partial charge in [-0.15, -0.1) is 0 Å². The summed E-state index contributed by atoms with van der Waals surface area (Å²) in [7, 11) is 3.06. The van der Waals surface area contributed by atoms with E-state index in [9.17, 15) is 4.79 Å². The molecule has 1 atom stereocenters. The third-order valence-electron chi connectivity index (χ3n) is 0.455. The Morgan fingerprint density at radius 2 is 1.90 bits per heavy atom. The van der Waals surface area contributed by atoms with E-state index in [4.69, 9.17) is 28.9 Å². The van der Waals surface area contributed by atoms with Gasteiger partial charge < -0.3 is 17.7 Å². The van der Waals surface area contributed by atoms with E-state index in [2.05, 4.69) is 0 Å². The first kappa shape index (κ1) is 19.2. The van der Waals surface area contributed by atoms with Crippen LogP contribution in [0.3, 0.4) is 0 Å². The molecule has 0 spiro atoms. The monoisotopic (exact) mass is 228 g/mol. The van der Waals surface area contributed by atoms with Gasteiger partial charge in [0.15, 0.2) is 0 Å². The number of carbonyl (C=O) groups is 1. The van der Waals surface area contributed by atoms with Crippen LogP contribution < -0.4 is 103 Å². The van der Waals surface area contributed by atoms with E-state index < -0.39 is 19.5 Å². The minimum atomic E-state index is -1.77. The molecule has 0 aliphatic heterocycles. The average molecular weight is 228 g/mol. The van der Waals surface area contributed by atoms with E-state index in [1.165, 1.54) is 0 Å². The molecule has 3 nitrogen and oxygen atoms in total. The van der Waals surface area contributed by atoms with Crippen molar-refractivity contribution in [2.75, 3.05) is 0 Å². The molecule has 0 heterocycles. The molecule has 0 saturated heterocycles. The molecule has 0 bridgehead atoms. The molecule has 0 amide bonds. The normalized spacial score (nSPS) is 10.3. The molecule has 0 aromatic carbocycles. The second-order valence-electron chi connectivity index (χ2n) is 1.06. The molecule has 0 aliphatic rings. The summed E-state index contributed by atoms with van der Waals surface area (Å²) in [5.74, 6) is -1.38. The molecule has 10 heavy (non-hydrogen) atoms. The van der Waals surface area contributed by atoms with Crippen LogP contribution in [0.15, 0.2) is 0 Å². The van der Waals surface area contributed by atoms with Crippen molar-refractivity contribution in [3.8, 4) is 0 Å². The van der Waals surface area contributed by atoms with Crippen molar-refractivity contribution >= 4 is 38.3 Å². The molecule has 0 aromatic rings. The molecule has 9 heteroatoms. The Kier molecular flexibility index (Phi) is 20.4. The molecule has 0 saturated carbocycles. The van der Waals surface area contributed by atoms with Crippen molar-refractivity contribution in [1.82, 2.24) is 0 Å². The van der Waals surface area contributed by atoms with Gasteiger partial charge in [0.2, 0.25) is 0 Å². The molecule has 0 aliphatic carbocycles. The van der Waals surface area contributed by atoms with Gasteiger partial charge in [-0.05, 0) is 0 Å². The van der Waals surface area contributed by atoms with Gasteiger partial charge >= 0.3 is 109 Å². The second kappa shape index (κ2) is 10.6. The first-order valence-corrected chi connectivity index (χ1v) is 4.05. The number of halogens is 1. The SMILES string of the molecule is [B-]P(Cl)B(O)C(=O)O.[K+].[K+]. The number of hydrogen-bond acceptors (Lipinski definition) is 2. The summed E-state index contributed by atoms with van der Waals surface area (Å²) in [6.07, 6.45) is 0. The number of hydrogen-bond donors (Lipinski definition) is 2. The predicted molar refractivity (Wildman–Crippen MR) is 34.5 cm³/mol. The zero-order chi connectivity index (χ0) is 6.73. The molecule has 3 radical (unpaired) electrons. The van der Waals surface area contributed by atoms with E-state index in [1.54, 1.807) is 0 Å². The Morgan fingerprint density at radius 3 is 1.90 bits per heavy atom. The Bertz CT molecular complexity index is 105. The molecule has 1 unspecified atom stereocenters. The molecule has 2 N–H and O–H groups in total. The van der Waals surface area contributed by atoms with Gasteiger partial charge in [0.25, 0.3) is 5.87 Å². The van der Waals surface area contributed by atoms with Crippen molar-refractivity contribution in [3.63, 3.8) is 0 Å². The van der Waals surface area contributed by atoms with E-state index in [0.29, 0.717) is 0 Å². The molecular weight excluding hydrogens is 226 g/mol. The fourth-order valence-electron chi connectivity index (χ4n) is 0.106. The third kappa shape index (κ3) is 9.64. The van der Waals surface area contributed by atoms with E-state index in [1.807, 2.05) is 0 Å². The number of rotatable bonds is 2. The molecule has 0 fully saturated rings. The van der Waals surface area contributed by atoms with Crippen LogP contribution in [-0.4, -0.2) is 30.2 Å². The van der Waals surface area contributed by atoms with Gasteiger partial charge in [-0.25, -0.2) is 0 Å². The van der Waals surface area contributed by atoms with E-state index in [-0.39, 0.29) is 103 Å². The fraction of sp³-hybridized carbons (Fsp3) is 0. The summed E-state index contributed by atoms with van der Waals surface area (Å²) >= 11 is 5.03. The first-order valence-electron chi connectivity index (χ1n) is 1.66.